The molecule has 0 bridgehead atoms. The zero-order valence-electron chi connectivity index (χ0n) is 10.1. The zero-order valence-corrected chi connectivity index (χ0v) is 10.1. The second-order valence-electron chi connectivity index (χ2n) is 4.04. The van der Waals surface area contributed by atoms with Gasteiger partial charge in [-0.25, -0.2) is 0 Å². The quantitative estimate of drug-likeness (QED) is 0.801. The average molecular weight is 207 g/mol. The van der Waals surface area contributed by atoms with Crippen LogP contribution in [-0.2, 0) is 6.42 Å². The number of nitrogens with one attached hydrogen (secondary N) is 1. The number of hydrogen-bond acceptors (Lipinski definition) is 2. The van der Waals surface area contributed by atoms with E-state index in [4.69, 9.17) is 4.74 Å². The molecule has 0 unspecified atom stereocenters. The summed E-state index contributed by atoms with van der Waals surface area (Å²) in [6, 6.07) is 6.29. The smallest absolute Gasteiger partial charge is 0.122 e. The van der Waals surface area contributed by atoms with E-state index in [-0.39, 0.29) is 0 Å². The van der Waals surface area contributed by atoms with Gasteiger partial charge in [-0.3, -0.25) is 0 Å². The van der Waals surface area contributed by atoms with Gasteiger partial charge in [-0.15, -0.1) is 0 Å². The molecule has 0 aliphatic carbocycles. The number of likely N-dealkylation sites (N-methyl/N-ethyl adjacent to an activating group) is 1. The molecule has 0 amide bonds. The van der Waals surface area contributed by atoms with Crippen LogP contribution in [0.3, 0.4) is 0 Å². The van der Waals surface area contributed by atoms with Crippen LogP contribution < -0.4 is 10.1 Å². The molecule has 1 aromatic carbocycles. The van der Waals surface area contributed by atoms with E-state index >= 15 is 0 Å². The molecule has 0 spiro atoms. The summed E-state index contributed by atoms with van der Waals surface area (Å²) in [6.45, 7) is 5.42. The van der Waals surface area contributed by atoms with E-state index in [0.29, 0.717) is 5.92 Å². The molecule has 0 aliphatic heterocycles. The summed E-state index contributed by atoms with van der Waals surface area (Å²) in [4.78, 5) is 0. The molecule has 0 aromatic heterocycles. The first-order valence-electron chi connectivity index (χ1n) is 5.51. The van der Waals surface area contributed by atoms with Gasteiger partial charge in [-0.05, 0) is 43.1 Å². The van der Waals surface area contributed by atoms with E-state index in [1.54, 1.807) is 7.11 Å². The first-order valence-corrected chi connectivity index (χ1v) is 5.51. The highest BCUT2D eigenvalue weighted by atomic mass is 16.5. The van der Waals surface area contributed by atoms with Gasteiger partial charge in [-0.2, -0.15) is 0 Å². The van der Waals surface area contributed by atoms with Crippen LogP contribution in [0.4, 0.5) is 0 Å². The second-order valence-corrected chi connectivity index (χ2v) is 4.04. The minimum absolute atomic E-state index is 0.507. The molecule has 1 aromatic rings. The minimum atomic E-state index is 0.507. The molecule has 0 saturated heterocycles. The fourth-order valence-electron chi connectivity index (χ4n) is 1.90. The van der Waals surface area contributed by atoms with Crippen LogP contribution in [0, 0.1) is 0 Å². The van der Waals surface area contributed by atoms with Gasteiger partial charge in [0, 0.05) is 0 Å². The summed E-state index contributed by atoms with van der Waals surface area (Å²) in [5, 5.41) is 3.18. The first-order chi connectivity index (χ1) is 7.20. The molecular formula is C13H21NO. The second kappa shape index (κ2) is 5.76. The highest BCUT2D eigenvalue weighted by molar-refractivity contribution is 5.42. The lowest BCUT2D eigenvalue weighted by atomic mass is 9.94. The largest absolute Gasteiger partial charge is 0.496 e. The van der Waals surface area contributed by atoms with Crippen molar-refractivity contribution in [3.63, 3.8) is 0 Å². The van der Waals surface area contributed by atoms with E-state index in [0.717, 1.165) is 18.7 Å². The maximum atomic E-state index is 5.41. The summed E-state index contributed by atoms with van der Waals surface area (Å²) in [7, 11) is 3.72. The summed E-state index contributed by atoms with van der Waals surface area (Å²) < 4.78 is 5.41. The number of benzene rings is 1. The van der Waals surface area contributed by atoms with Crippen molar-refractivity contribution in [3.05, 3.63) is 29.3 Å². The first kappa shape index (κ1) is 12.1. The standard InChI is InChI=1S/C13H21NO/c1-10(2)13-11(8-9-14-3)6-5-7-12(13)15-4/h5-7,10,14H,8-9H2,1-4H3. The predicted octanol–water partition coefficient (Wildman–Crippen LogP) is 2.58. The Bertz CT molecular complexity index is 307. The van der Waals surface area contributed by atoms with Gasteiger partial charge in [0.1, 0.15) is 5.75 Å². The summed E-state index contributed by atoms with van der Waals surface area (Å²) in [5.74, 6) is 1.52. The van der Waals surface area contributed by atoms with Gasteiger partial charge in [0.2, 0.25) is 0 Å². The summed E-state index contributed by atoms with van der Waals surface area (Å²) >= 11 is 0. The third-order valence-corrected chi connectivity index (χ3v) is 2.60. The Hall–Kier alpha value is -1.02. The minimum Gasteiger partial charge on any atom is -0.496 e. The molecule has 0 aliphatic rings. The number of hydrogen-bond donors (Lipinski definition) is 1. The van der Waals surface area contributed by atoms with Crippen LogP contribution >= 0.6 is 0 Å². The van der Waals surface area contributed by atoms with Crippen molar-refractivity contribution in [2.75, 3.05) is 20.7 Å². The van der Waals surface area contributed by atoms with E-state index < -0.39 is 0 Å². The molecule has 1 rings (SSSR count). The highest BCUT2D eigenvalue weighted by Gasteiger charge is 2.11. The molecule has 0 radical (unpaired) electrons. The van der Waals surface area contributed by atoms with Crippen molar-refractivity contribution in [2.45, 2.75) is 26.2 Å². The fraction of sp³-hybridized carbons (Fsp3) is 0.538. The van der Waals surface area contributed by atoms with Crippen molar-refractivity contribution in [1.29, 1.82) is 0 Å². The normalized spacial score (nSPS) is 10.7. The lowest BCUT2D eigenvalue weighted by Crippen LogP contribution is -2.12. The zero-order chi connectivity index (χ0) is 11.3. The Kier molecular flexibility index (Phi) is 4.63. The third kappa shape index (κ3) is 2.96. The van der Waals surface area contributed by atoms with Crippen molar-refractivity contribution in [2.24, 2.45) is 0 Å². The lowest BCUT2D eigenvalue weighted by molar-refractivity contribution is 0.406. The molecule has 1 N–H and O–H groups in total. The van der Waals surface area contributed by atoms with Gasteiger partial charge < -0.3 is 10.1 Å². The average Bonchev–Trinajstić information content (AvgIpc) is 2.25. The Morgan fingerprint density at radius 2 is 2.07 bits per heavy atom. The van der Waals surface area contributed by atoms with Crippen LogP contribution in [0.5, 0.6) is 5.75 Å². The topological polar surface area (TPSA) is 21.3 Å². The van der Waals surface area contributed by atoms with Crippen LogP contribution in [-0.4, -0.2) is 20.7 Å². The van der Waals surface area contributed by atoms with Crippen molar-refractivity contribution in [1.82, 2.24) is 5.32 Å². The Morgan fingerprint density at radius 1 is 1.33 bits per heavy atom. The molecule has 15 heavy (non-hydrogen) atoms. The molecule has 0 fully saturated rings. The number of rotatable bonds is 5. The Balaban J connectivity index is 3.02. The number of ether oxygens (including phenoxy) is 1. The molecule has 0 saturated carbocycles. The van der Waals surface area contributed by atoms with E-state index in [9.17, 15) is 0 Å². The highest BCUT2D eigenvalue weighted by Crippen LogP contribution is 2.29. The Labute approximate surface area is 92.6 Å². The molecule has 0 heterocycles. The lowest BCUT2D eigenvalue weighted by Gasteiger charge is -2.16. The molecular weight excluding hydrogens is 186 g/mol. The van der Waals surface area contributed by atoms with E-state index in [1.807, 2.05) is 13.1 Å². The summed E-state index contributed by atoms with van der Waals surface area (Å²) in [6.07, 6.45) is 1.06. The van der Waals surface area contributed by atoms with Crippen LogP contribution in [0.2, 0.25) is 0 Å². The van der Waals surface area contributed by atoms with E-state index in [1.165, 1.54) is 11.1 Å². The van der Waals surface area contributed by atoms with Gasteiger partial charge in [0.25, 0.3) is 0 Å². The van der Waals surface area contributed by atoms with Crippen LogP contribution in [0.15, 0.2) is 18.2 Å². The maximum absolute atomic E-state index is 5.41. The van der Waals surface area contributed by atoms with E-state index in [2.05, 4.69) is 31.3 Å². The fourth-order valence-corrected chi connectivity index (χ4v) is 1.90. The molecule has 2 nitrogen and oxygen atoms in total. The Morgan fingerprint density at radius 3 is 2.60 bits per heavy atom. The summed E-state index contributed by atoms with van der Waals surface area (Å²) in [5.41, 5.74) is 2.73. The third-order valence-electron chi connectivity index (χ3n) is 2.60. The monoisotopic (exact) mass is 207 g/mol. The van der Waals surface area contributed by atoms with Gasteiger partial charge in [-0.1, -0.05) is 26.0 Å². The maximum Gasteiger partial charge on any atom is 0.122 e. The predicted molar refractivity (Wildman–Crippen MR) is 64.7 cm³/mol. The van der Waals surface area contributed by atoms with Crippen molar-refractivity contribution in [3.8, 4) is 5.75 Å². The van der Waals surface area contributed by atoms with Crippen LogP contribution in [0.25, 0.3) is 0 Å². The number of methoxy groups -OCH3 is 1. The molecule has 84 valence electrons. The molecule has 2 heteroatoms. The van der Waals surface area contributed by atoms with Crippen molar-refractivity contribution < 1.29 is 4.74 Å². The van der Waals surface area contributed by atoms with Gasteiger partial charge >= 0.3 is 0 Å². The van der Waals surface area contributed by atoms with Crippen LogP contribution in [0.1, 0.15) is 30.9 Å². The van der Waals surface area contributed by atoms with Crippen molar-refractivity contribution >= 4 is 0 Å². The van der Waals surface area contributed by atoms with Gasteiger partial charge in [0.05, 0.1) is 7.11 Å². The molecule has 0 atom stereocenters. The SMILES string of the molecule is CNCCc1cccc(OC)c1C(C)C. The van der Waals surface area contributed by atoms with Gasteiger partial charge in [0.15, 0.2) is 0 Å².